The molecule has 2 bridgehead atoms. The van der Waals surface area contributed by atoms with Crippen LogP contribution in [0.1, 0.15) is 51.3 Å². The van der Waals surface area contributed by atoms with Crippen molar-refractivity contribution in [2.24, 2.45) is 0 Å². The fourth-order valence-corrected chi connectivity index (χ4v) is 7.05. The Morgan fingerprint density at radius 3 is 2.05 bits per heavy atom. The van der Waals surface area contributed by atoms with Crippen LogP contribution in [-0.4, -0.2) is 122 Å². The molecule has 0 amide bonds. The summed E-state index contributed by atoms with van der Waals surface area (Å²) in [6.07, 6.45) is -13.9. The molecule has 18 heteroatoms. The van der Waals surface area contributed by atoms with Gasteiger partial charge in [0.25, 0.3) is 0 Å². The lowest BCUT2D eigenvalue weighted by Crippen LogP contribution is -2.70. The number of ether oxygens (including phenoxy) is 10. The van der Waals surface area contributed by atoms with Crippen LogP contribution in [-0.2, 0) is 78.8 Å². The number of esters is 5. The number of aliphatic hydroxyl groups excluding tert-OH is 2. The zero-order valence-corrected chi connectivity index (χ0v) is 31.6. The van der Waals surface area contributed by atoms with Gasteiger partial charge in [0.1, 0.15) is 23.6 Å². The Bertz CT molecular complexity index is 1750. The van der Waals surface area contributed by atoms with Crippen LogP contribution in [0.25, 0.3) is 0 Å². The molecule has 3 aliphatic rings. The number of benzene rings is 2. The molecule has 10 atom stereocenters. The van der Waals surface area contributed by atoms with E-state index in [1.54, 1.807) is 18.2 Å². The van der Waals surface area contributed by atoms with Crippen molar-refractivity contribution in [1.29, 1.82) is 0 Å². The van der Waals surface area contributed by atoms with Crippen LogP contribution < -0.4 is 4.74 Å². The average Bonchev–Trinajstić information content (AvgIpc) is 3.51. The van der Waals surface area contributed by atoms with E-state index in [9.17, 15) is 34.2 Å². The zero-order chi connectivity index (χ0) is 40.2. The third kappa shape index (κ3) is 8.72. The summed E-state index contributed by atoms with van der Waals surface area (Å²) in [6, 6.07) is 12.2. The topological polar surface area (TPSA) is 218 Å². The maximum Gasteiger partial charge on any atom is 0.339 e. The SMILES string of the molecule is CCOc1ccc(Cc2cc([C@]34OC[C@](CO)(O3)[C@@H](O)[C@H](O[C@@H]3O[C@H](C(=O)OC)[C@@H](OC(C)=O)[C@H](OC(C)=O)[C@H]3OC(C)=O)[C@H]4OC(C)=O)ccc2Cl)cc1. The van der Waals surface area contributed by atoms with Crippen molar-refractivity contribution in [3.8, 4) is 5.75 Å². The molecular formula is C37H43ClO17. The highest BCUT2D eigenvalue weighted by molar-refractivity contribution is 6.31. The van der Waals surface area contributed by atoms with Crippen LogP contribution in [0.3, 0.4) is 0 Å². The molecule has 55 heavy (non-hydrogen) atoms. The number of halogens is 1. The maximum absolute atomic E-state index is 13.1. The summed E-state index contributed by atoms with van der Waals surface area (Å²) in [5.41, 5.74) is -0.181. The van der Waals surface area contributed by atoms with Gasteiger partial charge < -0.3 is 57.6 Å². The number of aliphatic hydroxyl groups is 2. The summed E-state index contributed by atoms with van der Waals surface area (Å²) < 4.78 is 57.3. The normalized spacial score (nSPS) is 31.1. The van der Waals surface area contributed by atoms with E-state index < -0.39 is 103 Å². The Morgan fingerprint density at radius 1 is 0.855 bits per heavy atom. The first-order valence-corrected chi connectivity index (χ1v) is 17.7. The second-order valence-electron chi connectivity index (χ2n) is 13.1. The van der Waals surface area contributed by atoms with Gasteiger partial charge in [-0.2, -0.15) is 0 Å². The molecule has 2 aromatic carbocycles. The Morgan fingerprint density at radius 2 is 1.47 bits per heavy atom. The molecule has 0 radical (unpaired) electrons. The van der Waals surface area contributed by atoms with Gasteiger partial charge in [0.2, 0.25) is 5.79 Å². The molecule has 3 heterocycles. The standard InChI is InChI=1S/C37H43ClO17/c1-7-47-25-11-8-22(9-12-25)14-23-15-24(10-13-26(23)38)37-33(52-21(5)43)31(32(44)36(16-39,55-37)17-48-37)54-35-30(51-20(4)42)28(50-19(3)41)27(49-18(2)40)29(53-35)34(45)46-6/h8-13,15,27-33,35,39,44H,7,14,16-17H2,1-6H3/t27-,28-,29-,30+,31-,32-,33+,35-,36-,37-/m0/s1. The number of hydrogen-bond donors (Lipinski definition) is 2. The van der Waals surface area contributed by atoms with Crippen molar-refractivity contribution in [3.05, 3.63) is 64.2 Å². The highest BCUT2D eigenvalue weighted by Gasteiger charge is 2.70. The molecule has 3 saturated heterocycles. The second kappa shape index (κ2) is 17.2. The molecule has 17 nitrogen and oxygen atoms in total. The van der Waals surface area contributed by atoms with Crippen molar-refractivity contribution in [1.82, 2.24) is 0 Å². The highest BCUT2D eigenvalue weighted by Crippen LogP contribution is 2.52. The van der Waals surface area contributed by atoms with E-state index in [0.29, 0.717) is 29.4 Å². The summed E-state index contributed by atoms with van der Waals surface area (Å²) in [5.74, 6) is -6.14. The minimum absolute atomic E-state index is 0.251. The van der Waals surface area contributed by atoms with Crippen molar-refractivity contribution in [3.63, 3.8) is 0 Å². The average molecular weight is 795 g/mol. The molecule has 0 aromatic heterocycles. The molecule has 0 aliphatic carbocycles. The van der Waals surface area contributed by atoms with Gasteiger partial charge in [0.05, 0.1) is 26.9 Å². The predicted octanol–water partition coefficient (Wildman–Crippen LogP) is 1.64. The molecule has 5 rings (SSSR count). The van der Waals surface area contributed by atoms with Crippen molar-refractivity contribution in [2.75, 3.05) is 26.9 Å². The molecule has 0 unspecified atom stereocenters. The smallest absolute Gasteiger partial charge is 0.339 e. The van der Waals surface area contributed by atoms with E-state index in [1.165, 1.54) is 0 Å². The van der Waals surface area contributed by atoms with Crippen LogP contribution in [0.4, 0.5) is 0 Å². The highest BCUT2D eigenvalue weighted by atomic mass is 35.5. The van der Waals surface area contributed by atoms with Gasteiger partial charge in [-0.1, -0.05) is 29.8 Å². The molecule has 2 N–H and O–H groups in total. The molecule has 2 aromatic rings. The Labute approximate surface area is 320 Å². The first kappa shape index (κ1) is 41.8. The number of hydrogen-bond acceptors (Lipinski definition) is 17. The summed E-state index contributed by atoms with van der Waals surface area (Å²) in [6.45, 7) is 5.26. The van der Waals surface area contributed by atoms with Gasteiger partial charge in [-0.15, -0.1) is 0 Å². The zero-order valence-electron chi connectivity index (χ0n) is 30.9. The van der Waals surface area contributed by atoms with Crippen molar-refractivity contribution >= 4 is 41.4 Å². The summed E-state index contributed by atoms with van der Waals surface area (Å²) in [7, 11) is 1.02. The number of methoxy groups -OCH3 is 1. The Hall–Kier alpha value is -4.36. The van der Waals surface area contributed by atoms with Gasteiger partial charge in [-0.25, -0.2) is 4.79 Å². The van der Waals surface area contributed by atoms with Crippen LogP contribution in [0.5, 0.6) is 5.75 Å². The van der Waals surface area contributed by atoms with Crippen LogP contribution in [0, 0.1) is 0 Å². The molecule has 0 spiro atoms. The number of rotatable bonds is 13. The summed E-state index contributed by atoms with van der Waals surface area (Å²) in [5, 5.41) is 23.0. The molecule has 3 aliphatic heterocycles. The fraction of sp³-hybridized carbons (Fsp3) is 0.541. The van der Waals surface area contributed by atoms with E-state index in [1.807, 2.05) is 31.2 Å². The Balaban J connectivity index is 1.60. The fourth-order valence-electron chi connectivity index (χ4n) is 6.87. The summed E-state index contributed by atoms with van der Waals surface area (Å²) in [4.78, 5) is 62.8. The van der Waals surface area contributed by atoms with E-state index in [0.717, 1.165) is 40.4 Å². The molecule has 3 fully saturated rings. The second-order valence-corrected chi connectivity index (χ2v) is 13.5. The van der Waals surface area contributed by atoms with Gasteiger partial charge in [0, 0.05) is 38.3 Å². The lowest BCUT2D eigenvalue weighted by atomic mass is 9.83. The number of carbonyl (C=O) groups is 5. The summed E-state index contributed by atoms with van der Waals surface area (Å²) >= 11 is 6.66. The van der Waals surface area contributed by atoms with Crippen molar-refractivity contribution in [2.45, 2.75) is 101 Å². The lowest BCUT2D eigenvalue weighted by Gasteiger charge is -2.50. The van der Waals surface area contributed by atoms with Crippen LogP contribution in [0.2, 0.25) is 5.02 Å². The van der Waals surface area contributed by atoms with Gasteiger partial charge >= 0.3 is 29.8 Å². The van der Waals surface area contributed by atoms with Gasteiger partial charge in [0.15, 0.2) is 36.8 Å². The quantitative estimate of drug-likeness (QED) is 0.218. The van der Waals surface area contributed by atoms with E-state index in [4.69, 9.17) is 59.0 Å². The van der Waals surface area contributed by atoms with Crippen LogP contribution >= 0.6 is 11.6 Å². The third-order valence-corrected chi connectivity index (χ3v) is 9.54. The van der Waals surface area contributed by atoms with Gasteiger partial charge in [-0.05, 0) is 48.7 Å². The van der Waals surface area contributed by atoms with E-state index in [-0.39, 0.29) is 5.56 Å². The largest absolute Gasteiger partial charge is 0.494 e. The number of carbonyl (C=O) groups excluding carboxylic acids is 5. The minimum atomic E-state index is -2.07. The lowest BCUT2D eigenvalue weighted by molar-refractivity contribution is -0.373. The maximum atomic E-state index is 13.1. The van der Waals surface area contributed by atoms with Crippen molar-refractivity contribution < 1.29 is 81.6 Å². The number of fused-ring (bicyclic) bond motifs is 2. The van der Waals surface area contributed by atoms with Gasteiger partial charge in [-0.3, -0.25) is 19.2 Å². The molecular weight excluding hydrogens is 752 g/mol. The minimum Gasteiger partial charge on any atom is -0.494 e. The third-order valence-electron chi connectivity index (χ3n) is 9.17. The van der Waals surface area contributed by atoms with E-state index in [2.05, 4.69) is 0 Å². The van der Waals surface area contributed by atoms with Crippen LogP contribution in [0.15, 0.2) is 42.5 Å². The van der Waals surface area contributed by atoms with E-state index >= 15 is 0 Å². The molecule has 300 valence electrons. The first-order chi connectivity index (χ1) is 26.1. The molecule has 0 saturated carbocycles. The predicted molar refractivity (Wildman–Crippen MR) is 184 cm³/mol. The monoisotopic (exact) mass is 794 g/mol. The first-order valence-electron chi connectivity index (χ1n) is 17.3. The Kier molecular flexibility index (Phi) is 13.1.